The fourth-order valence-corrected chi connectivity index (χ4v) is 2.31. The normalized spacial score (nSPS) is 15.2. The second-order valence-corrected chi connectivity index (χ2v) is 4.74. The molecule has 21 heavy (non-hydrogen) atoms. The van der Waals surface area contributed by atoms with Gasteiger partial charge in [-0.15, -0.1) is 0 Å². The number of halogens is 1. The van der Waals surface area contributed by atoms with E-state index < -0.39 is 5.97 Å². The number of aromatic nitrogens is 2. The van der Waals surface area contributed by atoms with Crippen LogP contribution in [0.2, 0.25) is 0 Å². The second kappa shape index (κ2) is 5.53. The van der Waals surface area contributed by atoms with Gasteiger partial charge in [0.05, 0.1) is 24.6 Å². The number of aromatic carboxylic acids is 1. The predicted octanol–water partition coefficient (Wildman–Crippen LogP) is 1.75. The molecule has 0 atom stereocenters. The van der Waals surface area contributed by atoms with Gasteiger partial charge in [0.2, 0.25) is 0 Å². The van der Waals surface area contributed by atoms with Crippen LogP contribution in [0.25, 0.3) is 11.3 Å². The maximum Gasteiger partial charge on any atom is 0.353 e. The lowest BCUT2D eigenvalue weighted by atomic mass is 10.1. The molecule has 2 heterocycles. The molecule has 1 aliphatic rings. The molecule has 0 spiro atoms. The summed E-state index contributed by atoms with van der Waals surface area (Å²) in [6.07, 6.45) is 0. The first-order valence-corrected chi connectivity index (χ1v) is 6.56. The number of nitrogens with one attached hydrogen (secondary N) is 1. The topological polar surface area (TPSA) is 78.4 Å². The van der Waals surface area contributed by atoms with Crippen molar-refractivity contribution in [2.75, 3.05) is 31.2 Å². The monoisotopic (exact) mass is 291 g/mol. The van der Waals surface area contributed by atoms with Gasteiger partial charge in [0.1, 0.15) is 11.5 Å². The van der Waals surface area contributed by atoms with Crippen molar-refractivity contribution in [2.45, 2.75) is 0 Å². The highest BCUT2D eigenvalue weighted by Crippen LogP contribution is 2.26. The Kier molecular flexibility index (Phi) is 3.57. The van der Waals surface area contributed by atoms with Crippen LogP contribution in [0.3, 0.4) is 0 Å². The Balaban J connectivity index is 1.87. The van der Waals surface area contributed by atoms with Gasteiger partial charge in [-0.25, -0.2) is 9.18 Å². The fraction of sp³-hybridized carbons (Fsp3) is 0.286. The number of nitrogens with zero attached hydrogens (tertiary/aromatic N) is 2. The molecule has 3 rings (SSSR count). The van der Waals surface area contributed by atoms with Gasteiger partial charge in [0.15, 0.2) is 0 Å². The third-order valence-electron chi connectivity index (χ3n) is 3.40. The van der Waals surface area contributed by atoms with Crippen molar-refractivity contribution >= 4 is 11.7 Å². The molecule has 2 N–H and O–H groups in total. The molecule has 0 bridgehead atoms. The minimum Gasteiger partial charge on any atom is -0.477 e. The Bertz CT molecular complexity index is 665. The summed E-state index contributed by atoms with van der Waals surface area (Å²) < 4.78 is 19.5. The highest BCUT2D eigenvalue weighted by Gasteiger charge is 2.16. The van der Waals surface area contributed by atoms with Gasteiger partial charge >= 0.3 is 5.97 Å². The van der Waals surface area contributed by atoms with Crippen LogP contribution < -0.4 is 4.90 Å². The summed E-state index contributed by atoms with van der Waals surface area (Å²) >= 11 is 0. The average Bonchev–Trinajstić information content (AvgIpc) is 2.98. The van der Waals surface area contributed by atoms with Gasteiger partial charge in [-0.3, -0.25) is 5.10 Å². The van der Waals surface area contributed by atoms with Crippen molar-refractivity contribution in [2.24, 2.45) is 0 Å². The van der Waals surface area contributed by atoms with Crippen LogP contribution in [0.5, 0.6) is 0 Å². The number of carbonyl (C=O) groups is 1. The molecule has 1 aliphatic heterocycles. The van der Waals surface area contributed by atoms with Gasteiger partial charge in [-0.1, -0.05) is 6.07 Å². The lowest BCUT2D eigenvalue weighted by Gasteiger charge is -2.29. The number of anilines is 1. The minimum atomic E-state index is -1.10. The molecular weight excluding hydrogens is 277 g/mol. The van der Waals surface area contributed by atoms with Gasteiger partial charge in [0.25, 0.3) is 0 Å². The SMILES string of the molecule is O=C(O)c1cc(-c2ccc(N3CCOCC3)c(F)c2)n[nH]1. The molecule has 0 unspecified atom stereocenters. The third-order valence-corrected chi connectivity index (χ3v) is 3.40. The van der Waals surface area contributed by atoms with Crippen LogP contribution >= 0.6 is 0 Å². The summed E-state index contributed by atoms with van der Waals surface area (Å²) in [6.45, 7) is 2.48. The molecule has 1 aromatic heterocycles. The van der Waals surface area contributed by atoms with Gasteiger partial charge in [-0.05, 0) is 18.2 Å². The van der Waals surface area contributed by atoms with E-state index in [1.165, 1.54) is 12.1 Å². The average molecular weight is 291 g/mol. The zero-order chi connectivity index (χ0) is 14.8. The highest BCUT2D eigenvalue weighted by atomic mass is 19.1. The van der Waals surface area contributed by atoms with Crippen LogP contribution in [0, 0.1) is 5.82 Å². The molecule has 1 saturated heterocycles. The van der Waals surface area contributed by atoms with E-state index in [9.17, 15) is 9.18 Å². The van der Waals surface area contributed by atoms with Crippen molar-refractivity contribution in [1.29, 1.82) is 0 Å². The number of ether oxygens (including phenoxy) is 1. The van der Waals surface area contributed by atoms with Gasteiger partial charge < -0.3 is 14.7 Å². The molecule has 110 valence electrons. The number of carboxylic acid groups (broad SMARTS) is 1. The van der Waals surface area contributed by atoms with Crippen molar-refractivity contribution in [1.82, 2.24) is 10.2 Å². The van der Waals surface area contributed by atoms with Crippen LogP contribution in [0.4, 0.5) is 10.1 Å². The Morgan fingerprint density at radius 1 is 1.33 bits per heavy atom. The van der Waals surface area contributed by atoms with Crippen molar-refractivity contribution in [3.8, 4) is 11.3 Å². The smallest absolute Gasteiger partial charge is 0.353 e. The first-order valence-electron chi connectivity index (χ1n) is 6.56. The first-order chi connectivity index (χ1) is 10.1. The molecule has 7 heteroatoms. The summed E-state index contributed by atoms with van der Waals surface area (Å²) in [6, 6.07) is 6.17. The zero-order valence-corrected chi connectivity index (χ0v) is 11.2. The van der Waals surface area contributed by atoms with Crippen molar-refractivity contribution in [3.63, 3.8) is 0 Å². The summed E-state index contributed by atoms with van der Waals surface area (Å²) in [7, 11) is 0. The summed E-state index contributed by atoms with van der Waals surface area (Å²) in [5.41, 5.74) is 1.44. The number of aromatic amines is 1. The highest BCUT2D eigenvalue weighted by molar-refractivity contribution is 5.86. The summed E-state index contributed by atoms with van der Waals surface area (Å²) in [4.78, 5) is 12.7. The van der Waals surface area contributed by atoms with Gasteiger partial charge in [-0.2, -0.15) is 5.10 Å². The van der Waals surface area contributed by atoms with Crippen molar-refractivity contribution in [3.05, 3.63) is 35.8 Å². The van der Waals surface area contributed by atoms with E-state index >= 15 is 0 Å². The Hall–Kier alpha value is -2.41. The molecule has 0 aliphatic carbocycles. The molecular formula is C14H14FN3O3. The zero-order valence-electron chi connectivity index (χ0n) is 11.2. The maximum atomic E-state index is 14.2. The Labute approximate surface area is 120 Å². The lowest BCUT2D eigenvalue weighted by Crippen LogP contribution is -2.36. The minimum absolute atomic E-state index is 0.0253. The third kappa shape index (κ3) is 2.73. The van der Waals surface area contributed by atoms with Crippen LogP contribution in [-0.4, -0.2) is 47.6 Å². The second-order valence-electron chi connectivity index (χ2n) is 4.74. The van der Waals surface area contributed by atoms with Crippen LogP contribution in [0.1, 0.15) is 10.5 Å². The summed E-state index contributed by atoms with van der Waals surface area (Å²) in [5, 5.41) is 15.1. The number of morpholine rings is 1. The molecule has 1 fully saturated rings. The van der Waals surface area contributed by atoms with E-state index in [2.05, 4.69) is 10.2 Å². The Morgan fingerprint density at radius 2 is 2.10 bits per heavy atom. The summed E-state index contributed by atoms with van der Waals surface area (Å²) in [5.74, 6) is -1.45. The lowest BCUT2D eigenvalue weighted by molar-refractivity contribution is 0.0690. The van der Waals surface area contributed by atoms with E-state index in [0.29, 0.717) is 43.2 Å². The Morgan fingerprint density at radius 3 is 2.71 bits per heavy atom. The maximum absolute atomic E-state index is 14.2. The number of hydrogen-bond donors (Lipinski definition) is 2. The van der Waals surface area contributed by atoms with E-state index in [4.69, 9.17) is 9.84 Å². The molecule has 6 nitrogen and oxygen atoms in total. The van der Waals surface area contributed by atoms with Crippen molar-refractivity contribution < 1.29 is 19.0 Å². The van der Waals surface area contributed by atoms with Crippen LogP contribution in [0.15, 0.2) is 24.3 Å². The number of rotatable bonds is 3. The number of hydrogen-bond acceptors (Lipinski definition) is 4. The van der Waals surface area contributed by atoms with E-state index in [0.717, 1.165) is 0 Å². The molecule has 2 aromatic rings. The molecule has 0 amide bonds. The molecule has 0 saturated carbocycles. The molecule has 0 radical (unpaired) electrons. The van der Waals surface area contributed by atoms with Gasteiger partial charge in [0, 0.05) is 18.7 Å². The standard InChI is InChI=1S/C14H14FN3O3/c15-10-7-9(11-8-12(14(19)20)17-16-11)1-2-13(10)18-3-5-21-6-4-18/h1-2,7-8H,3-6H2,(H,16,17)(H,19,20). The quantitative estimate of drug-likeness (QED) is 0.900. The van der Waals surface area contributed by atoms with E-state index in [1.807, 2.05) is 4.90 Å². The first kappa shape index (κ1) is 13.6. The van der Waals surface area contributed by atoms with E-state index in [-0.39, 0.29) is 11.5 Å². The number of benzene rings is 1. The number of H-pyrrole nitrogens is 1. The molecule has 1 aromatic carbocycles. The van der Waals surface area contributed by atoms with Crippen LogP contribution in [-0.2, 0) is 4.74 Å². The fourth-order valence-electron chi connectivity index (χ4n) is 2.31. The predicted molar refractivity (Wildman–Crippen MR) is 74.0 cm³/mol. The largest absolute Gasteiger partial charge is 0.477 e. The number of carboxylic acids is 1. The van der Waals surface area contributed by atoms with E-state index in [1.54, 1.807) is 12.1 Å².